The van der Waals surface area contributed by atoms with Crippen molar-refractivity contribution >= 4 is 5.69 Å². The van der Waals surface area contributed by atoms with Crippen molar-refractivity contribution in [2.24, 2.45) is 0 Å². The molecule has 0 saturated carbocycles. The number of aryl methyl sites for hydroxylation is 1. The number of rotatable bonds is 1. The van der Waals surface area contributed by atoms with E-state index in [-0.39, 0.29) is 0 Å². The van der Waals surface area contributed by atoms with Gasteiger partial charge in [0.25, 0.3) is 0 Å². The number of methoxy groups -OCH3 is 1. The summed E-state index contributed by atoms with van der Waals surface area (Å²) in [6.07, 6.45) is 4.05. The first kappa shape index (κ1) is 9.78. The second-order valence-corrected chi connectivity index (χ2v) is 3.65. The minimum Gasteiger partial charge on any atom is -0.479 e. The van der Waals surface area contributed by atoms with Crippen LogP contribution in [0.2, 0.25) is 0 Å². The molecule has 78 valence electrons. The van der Waals surface area contributed by atoms with Crippen LogP contribution in [-0.2, 0) is 12.8 Å². The Morgan fingerprint density at radius 1 is 1.40 bits per heavy atom. The number of nitrogens with two attached hydrogens (primary N) is 1. The molecule has 0 amide bonds. The highest BCUT2D eigenvalue weighted by atomic mass is 16.5. The maximum absolute atomic E-state index is 9.08. The van der Waals surface area contributed by atoms with Gasteiger partial charge in [0, 0.05) is 5.69 Å². The van der Waals surface area contributed by atoms with Gasteiger partial charge in [-0.2, -0.15) is 5.26 Å². The summed E-state index contributed by atoms with van der Waals surface area (Å²) in [6, 6.07) is 2.15. The van der Waals surface area contributed by atoms with Crippen molar-refractivity contribution in [1.82, 2.24) is 4.98 Å². The van der Waals surface area contributed by atoms with Crippen LogP contribution >= 0.6 is 0 Å². The zero-order valence-corrected chi connectivity index (χ0v) is 8.71. The molecule has 1 heterocycles. The van der Waals surface area contributed by atoms with Crippen molar-refractivity contribution in [3.05, 3.63) is 16.8 Å². The molecule has 1 aromatic rings. The summed E-state index contributed by atoms with van der Waals surface area (Å²) in [5.41, 5.74) is 8.74. The lowest BCUT2D eigenvalue weighted by atomic mass is 9.92. The third-order valence-electron chi connectivity index (χ3n) is 2.78. The van der Waals surface area contributed by atoms with Crippen molar-refractivity contribution < 1.29 is 4.74 Å². The minimum atomic E-state index is 0.376. The molecule has 1 aromatic heterocycles. The molecular weight excluding hydrogens is 190 g/mol. The Hall–Kier alpha value is -1.76. The third-order valence-corrected chi connectivity index (χ3v) is 2.78. The third kappa shape index (κ3) is 1.50. The Kier molecular flexibility index (Phi) is 2.46. The van der Waals surface area contributed by atoms with Crippen molar-refractivity contribution in [3.63, 3.8) is 0 Å². The fraction of sp³-hybridized carbons (Fsp3) is 0.455. The smallest absolute Gasteiger partial charge is 0.238 e. The van der Waals surface area contributed by atoms with Crippen LogP contribution < -0.4 is 10.5 Å². The van der Waals surface area contributed by atoms with E-state index in [4.69, 9.17) is 15.7 Å². The highest BCUT2D eigenvalue weighted by Crippen LogP contribution is 2.31. The summed E-state index contributed by atoms with van der Waals surface area (Å²) < 4.78 is 5.07. The highest BCUT2D eigenvalue weighted by molar-refractivity contribution is 5.65. The molecule has 0 radical (unpaired) electrons. The molecule has 0 spiro atoms. The van der Waals surface area contributed by atoms with E-state index in [1.807, 2.05) is 0 Å². The standard InChI is InChI=1S/C11H13N3O/c1-15-11-10(13)8(6-12)7-4-2-3-5-9(7)14-11/h2-5,13H2,1H3. The van der Waals surface area contributed by atoms with Crippen LogP contribution in [0.15, 0.2) is 0 Å². The molecular formula is C11H13N3O. The van der Waals surface area contributed by atoms with E-state index in [9.17, 15) is 0 Å². The summed E-state index contributed by atoms with van der Waals surface area (Å²) in [4.78, 5) is 4.34. The van der Waals surface area contributed by atoms with Gasteiger partial charge in [-0.25, -0.2) is 4.98 Å². The molecule has 4 nitrogen and oxygen atoms in total. The Labute approximate surface area is 88.7 Å². The second kappa shape index (κ2) is 3.77. The average Bonchev–Trinajstić information content (AvgIpc) is 2.28. The van der Waals surface area contributed by atoms with Crippen LogP contribution in [0.25, 0.3) is 0 Å². The largest absolute Gasteiger partial charge is 0.479 e. The molecule has 0 atom stereocenters. The lowest BCUT2D eigenvalue weighted by Gasteiger charge is -2.18. The van der Waals surface area contributed by atoms with Gasteiger partial charge in [0.05, 0.1) is 12.7 Å². The average molecular weight is 203 g/mol. The SMILES string of the molecule is COc1nc2c(c(C#N)c1N)CCCC2. The number of ether oxygens (including phenoxy) is 1. The van der Waals surface area contributed by atoms with Crippen molar-refractivity contribution in [1.29, 1.82) is 5.26 Å². The van der Waals surface area contributed by atoms with Gasteiger partial charge in [-0.1, -0.05) is 0 Å². The summed E-state index contributed by atoms with van der Waals surface area (Å²) in [5, 5.41) is 9.08. The number of aromatic nitrogens is 1. The first-order valence-corrected chi connectivity index (χ1v) is 5.03. The molecule has 0 fully saturated rings. The Balaban J connectivity index is 2.65. The van der Waals surface area contributed by atoms with E-state index < -0.39 is 0 Å². The molecule has 2 rings (SSSR count). The fourth-order valence-corrected chi connectivity index (χ4v) is 2.02. The van der Waals surface area contributed by atoms with Gasteiger partial charge in [-0.05, 0) is 31.2 Å². The number of hydrogen-bond acceptors (Lipinski definition) is 4. The zero-order valence-electron chi connectivity index (χ0n) is 8.71. The molecule has 0 aliphatic heterocycles. The molecule has 15 heavy (non-hydrogen) atoms. The molecule has 1 aliphatic rings. The molecule has 0 saturated heterocycles. The number of anilines is 1. The van der Waals surface area contributed by atoms with E-state index in [0.29, 0.717) is 17.1 Å². The van der Waals surface area contributed by atoms with Crippen LogP contribution in [-0.4, -0.2) is 12.1 Å². The Morgan fingerprint density at radius 3 is 2.80 bits per heavy atom. The summed E-state index contributed by atoms with van der Waals surface area (Å²) in [6.45, 7) is 0. The van der Waals surface area contributed by atoms with E-state index in [1.54, 1.807) is 0 Å². The first-order valence-electron chi connectivity index (χ1n) is 5.03. The summed E-state index contributed by atoms with van der Waals surface area (Å²) in [5.74, 6) is 0.382. The quantitative estimate of drug-likeness (QED) is 0.749. The van der Waals surface area contributed by atoms with Gasteiger partial charge >= 0.3 is 0 Å². The monoisotopic (exact) mass is 203 g/mol. The molecule has 4 heteroatoms. The highest BCUT2D eigenvalue weighted by Gasteiger charge is 2.20. The predicted molar refractivity (Wildman–Crippen MR) is 56.6 cm³/mol. The van der Waals surface area contributed by atoms with E-state index >= 15 is 0 Å². The lowest BCUT2D eigenvalue weighted by Crippen LogP contribution is -2.11. The van der Waals surface area contributed by atoms with Crippen molar-refractivity contribution in [2.45, 2.75) is 25.7 Å². The minimum absolute atomic E-state index is 0.376. The maximum Gasteiger partial charge on any atom is 0.238 e. The van der Waals surface area contributed by atoms with Crippen LogP contribution in [0.5, 0.6) is 5.88 Å². The fourth-order valence-electron chi connectivity index (χ4n) is 2.02. The van der Waals surface area contributed by atoms with Crippen LogP contribution in [0.1, 0.15) is 29.7 Å². The first-order chi connectivity index (χ1) is 7.27. The van der Waals surface area contributed by atoms with Gasteiger partial charge in [-0.3, -0.25) is 0 Å². The predicted octanol–water partition coefficient (Wildman–Crippen LogP) is 1.42. The number of fused-ring (bicyclic) bond motifs is 1. The summed E-state index contributed by atoms with van der Waals surface area (Å²) >= 11 is 0. The summed E-state index contributed by atoms with van der Waals surface area (Å²) in [7, 11) is 1.52. The van der Waals surface area contributed by atoms with Gasteiger partial charge < -0.3 is 10.5 Å². The van der Waals surface area contributed by atoms with E-state index in [1.165, 1.54) is 7.11 Å². The number of nitriles is 1. The molecule has 1 aliphatic carbocycles. The molecule has 0 bridgehead atoms. The van der Waals surface area contributed by atoms with Gasteiger partial charge in [-0.15, -0.1) is 0 Å². The topological polar surface area (TPSA) is 71.9 Å². The number of pyridine rings is 1. The van der Waals surface area contributed by atoms with Gasteiger partial charge in [0.15, 0.2) is 0 Å². The van der Waals surface area contributed by atoms with Crippen LogP contribution in [0.3, 0.4) is 0 Å². The van der Waals surface area contributed by atoms with E-state index in [2.05, 4.69) is 11.1 Å². The van der Waals surface area contributed by atoms with Crippen LogP contribution in [0.4, 0.5) is 5.69 Å². The molecule has 2 N–H and O–H groups in total. The van der Waals surface area contributed by atoms with E-state index in [0.717, 1.165) is 36.9 Å². The maximum atomic E-state index is 9.08. The molecule has 0 aromatic carbocycles. The number of hydrogen-bond donors (Lipinski definition) is 1. The van der Waals surface area contributed by atoms with Crippen molar-refractivity contribution in [3.8, 4) is 11.9 Å². The second-order valence-electron chi connectivity index (χ2n) is 3.65. The Morgan fingerprint density at radius 2 is 2.13 bits per heavy atom. The normalized spacial score (nSPS) is 14.1. The zero-order chi connectivity index (χ0) is 10.8. The Bertz CT molecular complexity index is 434. The number of nitrogen functional groups attached to an aromatic ring is 1. The van der Waals surface area contributed by atoms with Crippen LogP contribution in [0, 0.1) is 11.3 Å². The lowest BCUT2D eigenvalue weighted by molar-refractivity contribution is 0.397. The van der Waals surface area contributed by atoms with Gasteiger partial charge in [0.1, 0.15) is 11.8 Å². The van der Waals surface area contributed by atoms with Crippen molar-refractivity contribution in [2.75, 3.05) is 12.8 Å². The van der Waals surface area contributed by atoms with Gasteiger partial charge in [0.2, 0.25) is 5.88 Å². The number of nitrogens with zero attached hydrogens (tertiary/aromatic N) is 2. The molecule has 0 unspecified atom stereocenters.